The molecular weight excluding hydrogens is 405 g/mol. The minimum Gasteiger partial charge on any atom is -0.449 e. The maximum absolute atomic E-state index is 14.3. The van der Waals surface area contributed by atoms with Crippen molar-refractivity contribution >= 4 is 17.1 Å². The van der Waals surface area contributed by atoms with Crippen LogP contribution in [0.3, 0.4) is 0 Å². The Hall–Kier alpha value is -3.63. The maximum atomic E-state index is 14.3. The van der Waals surface area contributed by atoms with Gasteiger partial charge in [0.2, 0.25) is 5.43 Å². The number of benzene rings is 2. The lowest BCUT2D eigenvalue weighted by Gasteiger charge is -2.14. The number of rotatable bonds is 4. The number of ether oxygens (including phenoxy) is 2. The molecule has 0 bridgehead atoms. The van der Waals surface area contributed by atoms with Crippen LogP contribution in [0.4, 0.5) is 26.7 Å². The van der Waals surface area contributed by atoms with Gasteiger partial charge in [-0.3, -0.25) is 4.79 Å². The van der Waals surface area contributed by atoms with Gasteiger partial charge >= 0.3 is 12.5 Å². The summed E-state index contributed by atoms with van der Waals surface area (Å²) in [6.45, 7) is -0.237. The van der Waals surface area contributed by atoms with Crippen LogP contribution in [-0.2, 0) is 6.54 Å². The Balaban J connectivity index is 2.09. The van der Waals surface area contributed by atoms with Crippen LogP contribution in [0.2, 0.25) is 0 Å². The van der Waals surface area contributed by atoms with E-state index in [1.165, 1.54) is 12.1 Å². The summed E-state index contributed by atoms with van der Waals surface area (Å²) in [6, 6.07) is 5.99. The Kier molecular flexibility index (Phi) is 5.14. The van der Waals surface area contributed by atoms with Crippen LogP contribution < -0.4 is 14.9 Å². The molecule has 2 aromatic carbocycles. The van der Waals surface area contributed by atoms with Gasteiger partial charge in [0.25, 0.3) is 0 Å². The number of pyridine rings is 1. The van der Waals surface area contributed by atoms with Gasteiger partial charge in [-0.1, -0.05) is 12.1 Å². The fraction of sp³-hybridized carbons (Fsp3) is 0.111. The molecule has 29 heavy (non-hydrogen) atoms. The fourth-order valence-corrected chi connectivity index (χ4v) is 2.71. The second kappa shape index (κ2) is 7.41. The first kappa shape index (κ1) is 20.1. The predicted molar refractivity (Wildman–Crippen MR) is 89.0 cm³/mol. The molecule has 0 aliphatic heterocycles. The Morgan fingerprint density at radius 2 is 1.66 bits per heavy atom. The highest BCUT2D eigenvalue weighted by Gasteiger charge is 2.31. The van der Waals surface area contributed by atoms with Gasteiger partial charge in [0.1, 0.15) is 17.4 Å². The van der Waals surface area contributed by atoms with Crippen molar-refractivity contribution in [2.45, 2.75) is 12.9 Å². The zero-order chi connectivity index (χ0) is 21.3. The molecule has 0 radical (unpaired) electrons. The van der Waals surface area contributed by atoms with Crippen molar-refractivity contribution in [3.8, 4) is 11.5 Å². The monoisotopic (exact) mass is 415 g/mol. The molecule has 0 saturated heterocycles. The molecule has 0 aliphatic carbocycles. The largest absolute Gasteiger partial charge is 0.573 e. The second-order valence-corrected chi connectivity index (χ2v) is 5.76. The van der Waals surface area contributed by atoms with E-state index >= 15 is 0 Å². The highest BCUT2D eigenvalue weighted by Crippen LogP contribution is 2.25. The number of carbonyl (C=O) groups is 1. The molecule has 6 nitrogen and oxygen atoms in total. The first-order valence-corrected chi connectivity index (χ1v) is 7.82. The van der Waals surface area contributed by atoms with Crippen LogP contribution in [0.5, 0.6) is 11.5 Å². The first-order valence-electron chi connectivity index (χ1n) is 7.82. The number of carboxylic acid groups (broad SMARTS) is 1. The summed E-state index contributed by atoms with van der Waals surface area (Å²) >= 11 is 0. The van der Waals surface area contributed by atoms with Crippen molar-refractivity contribution in [3.05, 3.63) is 70.0 Å². The zero-order valence-electron chi connectivity index (χ0n) is 14.2. The van der Waals surface area contributed by atoms with Gasteiger partial charge < -0.3 is 19.1 Å². The zero-order valence-corrected chi connectivity index (χ0v) is 14.2. The molecule has 0 amide bonds. The van der Waals surface area contributed by atoms with Crippen LogP contribution in [-0.4, -0.2) is 22.2 Å². The Morgan fingerprint density at radius 3 is 2.24 bits per heavy atom. The first-order chi connectivity index (χ1) is 13.5. The Morgan fingerprint density at radius 1 is 1.03 bits per heavy atom. The van der Waals surface area contributed by atoms with Crippen LogP contribution in [0.15, 0.2) is 47.4 Å². The Bertz CT molecular complexity index is 1140. The van der Waals surface area contributed by atoms with Crippen LogP contribution >= 0.6 is 0 Å². The summed E-state index contributed by atoms with van der Waals surface area (Å²) in [4.78, 5) is 23.1. The highest BCUT2D eigenvalue weighted by atomic mass is 19.4. The SMILES string of the molecule is O=C(O)Oc1cn(Cc2ccc(OC(F)(F)F)cc2)c2c(F)ccc(F)c2c1=O. The van der Waals surface area contributed by atoms with Crippen LogP contribution in [0, 0.1) is 11.6 Å². The van der Waals surface area contributed by atoms with Crippen molar-refractivity contribution in [1.82, 2.24) is 4.57 Å². The molecule has 0 saturated carbocycles. The summed E-state index contributed by atoms with van der Waals surface area (Å²) in [7, 11) is 0. The van der Waals surface area contributed by atoms with E-state index < -0.39 is 52.0 Å². The van der Waals surface area contributed by atoms with Gasteiger partial charge in [-0.2, -0.15) is 0 Å². The number of fused-ring (bicyclic) bond motifs is 1. The normalized spacial score (nSPS) is 11.5. The van der Waals surface area contributed by atoms with E-state index in [0.717, 1.165) is 29.0 Å². The highest BCUT2D eigenvalue weighted by molar-refractivity contribution is 5.82. The number of aromatic nitrogens is 1. The van der Waals surface area contributed by atoms with E-state index in [0.29, 0.717) is 11.6 Å². The summed E-state index contributed by atoms with van der Waals surface area (Å²) in [5.74, 6) is -3.30. The lowest BCUT2D eigenvalue weighted by Crippen LogP contribution is -2.18. The van der Waals surface area contributed by atoms with Gasteiger partial charge in [-0.25, -0.2) is 13.6 Å². The summed E-state index contributed by atoms with van der Waals surface area (Å²) in [5.41, 5.74) is -1.29. The molecule has 152 valence electrons. The average Bonchev–Trinajstić information content (AvgIpc) is 2.61. The molecule has 11 heteroatoms. The van der Waals surface area contributed by atoms with Gasteiger partial charge in [0.15, 0.2) is 5.75 Å². The number of alkyl halides is 3. The standard InChI is InChI=1S/C18H10F5NO5/c19-11-5-6-12(20)15-14(11)16(25)13(28-17(26)27)8-24(15)7-9-1-3-10(4-2-9)29-18(21,22)23/h1-6,8H,7H2,(H,26,27). The Labute approximate surface area is 158 Å². The summed E-state index contributed by atoms with van der Waals surface area (Å²) in [5, 5.41) is 8.03. The minimum absolute atomic E-state index is 0.237. The van der Waals surface area contributed by atoms with E-state index in [1.807, 2.05) is 0 Å². The van der Waals surface area contributed by atoms with E-state index in [4.69, 9.17) is 5.11 Å². The molecule has 0 unspecified atom stereocenters. The average molecular weight is 415 g/mol. The smallest absolute Gasteiger partial charge is 0.449 e. The van der Waals surface area contributed by atoms with Crippen molar-refractivity contribution in [2.75, 3.05) is 0 Å². The molecule has 0 atom stereocenters. The van der Waals surface area contributed by atoms with Crippen LogP contribution in [0.1, 0.15) is 5.56 Å². The molecule has 1 aromatic heterocycles. The molecule has 3 rings (SSSR count). The van der Waals surface area contributed by atoms with Gasteiger partial charge in [0.05, 0.1) is 17.1 Å². The number of hydrogen-bond donors (Lipinski definition) is 1. The predicted octanol–water partition coefficient (Wildman–Crippen LogP) is 4.28. The van der Waals surface area contributed by atoms with Crippen LogP contribution in [0.25, 0.3) is 10.9 Å². The van der Waals surface area contributed by atoms with Gasteiger partial charge in [-0.15, -0.1) is 13.2 Å². The molecule has 0 spiro atoms. The third kappa shape index (κ3) is 4.45. The maximum Gasteiger partial charge on any atom is 0.573 e. The molecule has 1 N–H and O–H groups in total. The third-order valence-corrected chi connectivity index (χ3v) is 3.80. The van der Waals surface area contributed by atoms with Crippen molar-refractivity contribution < 1.29 is 41.3 Å². The fourth-order valence-electron chi connectivity index (χ4n) is 2.71. The third-order valence-electron chi connectivity index (χ3n) is 3.80. The molecule has 0 aliphatic rings. The van der Waals surface area contributed by atoms with Crippen molar-refractivity contribution in [1.29, 1.82) is 0 Å². The van der Waals surface area contributed by atoms with E-state index in [2.05, 4.69) is 9.47 Å². The van der Waals surface area contributed by atoms with Crippen molar-refractivity contribution in [3.63, 3.8) is 0 Å². The summed E-state index contributed by atoms with van der Waals surface area (Å²) in [6.07, 6.45) is -5.83. The lowest BCUT2D eigenvalue weighted by atomic mass is 10.1. The number of nitrogens with zero attached hydrogens (tertiary/aromatic N) is 1. The lowest BCUT2D eigenvalue weighted by molar-refractivity contribution is -0.274. The molecule has 1 heterocycles. The van der Waals surface area contributed by atoms with Gasteiger partial charge in [-0.05, 0) is 29.8 Å². The van der Waals surface area contributed by atoms with E-state index in [1.54, 1.807) is 0 Å². The number of hydrogen-bond acceptors (Lipinski definition) is 4. The summed E-state index contributed by atoms with van der Waals surface area (Å²) < 4.78 is 74.3. The molecular formula is C18H10F5NO5. The topological polar surface area (TPSA) is 77.8 Å². The quantitative estimate of drug-likeness (QED) is 0.508. The van der Waals surface area contributed by atoms with Crippen molar-refractivity contribution in [2.24, 2.45) is 0 Å². The molecule has 3 aromatic rings. The van der Waals surface area contributed by atoms with E-state index in [-0.39, 0.29) is 6.54 Å². The van der Waals surface area contributed by atoms with Gasteiger partial charge in [0, 0.05) is 6.54 Å². The second-order valence-electron chi connectivity index (χ2n) is 5.76. The minimum atomic E-state index is -4.87. The molecule has 0 fully saturated rings. The van der Waals surface area contributed by atoms with E-state index in [9.17, 15) is 31.5 Å². The number of halogens is 5.